The molecule has 1 heterocycles. The zero-order valence-corrected chi connectivity index (χ0v) is 11.8. The van der Waals surface area contributed by atoms with E-state index in [1.54, 1.807) is 13.8 Å². The molecular weight excluding hydrogens is 230 g/mol. The first-order valence-electron chi connectivity index (χ1n) is 6.67. The highest BCUT2D eigenvalue weighted by Gasteiger charge is 2.38. The molecule has 1 aliphatic heterocycles. The molecule has 1 amide bonds. The molecule has 18 heavy (non-hydrogen) atoms. The summed E-state index contributed by atoms with van der Waals surface area (Å²) in [5.74, 6) is -0.884. The van der Waals surface area contributed by atoms with Crippen LogP contribution in [0.25, 0.3) is 0 Å². The number of hydrogen-bond donors (Lipinski definition) is 0. The summed E-state index contributed by atoms with van der Waals surface area (Å²) in [6.07, 6.45) is 3.12. The van der Waals surface area contributed by atoms with Crippen molar-refractivity contribution in [2.24, 2.45) is 5.41 Å². The maximum atomic E-state index is 12.2. The Bertz CT molecular complexity index is 360. The second-order valence-electron chi connectivity index (χ2n) is 5.69. The van der Waals surface area contributed by atoms with Crippen LogP contribution in [0.4, 0.5) is 0 Å². The first kappa shape index (κ1) is 14.9. The van der Waals surface area contributed by atoms with Crippen LogP contribution >= 0.6 is 0 Å². The van der Waals surface area contributed by atoms with Gasteiger partial charge in [0.1, 0.15) is 0 Å². The zero-order chi connectivity index (χ0) is 13.9. The Kier molecular flexibility index (Phi) is 4.65. The van der Waals surface area contributed by atoms with Gasteiger partial charge >= 0.3 is 0 Å². The van der Waals surface area contributed by atoms with Gasteiger partial charge in [-0.05, 0) is 32.6 Å². The standard InChI is InChI=1S/C14H23NO3/c1-5-14(3,4)12(17)13(18)15-9-7-6-8-11(15)10(2)16/h11H,5-9H2,1-4H3/t11-/m0/s1. The summed E-state index contributed by atoms with van der Waals surface area (Å²) in [6, 6.07) is -0.400. The van der Waals surface area contributed by atoms with E-state index < -0.39 is 17.4 Å². The lowest BCUT2D eigenvalue weighted by atomic mass is 9.84. The molecule has 4 nitrogen and oxygen atoms in total. The van der Waals surface area contributed by atoms with Crippen molar-refractivity contribution in [1.82, 2.24) is 4.90 Å². The van der Waals surface area contributed by atoms with Gasteiger partial charge in [-0.25, -0.2) is 0 Å². The third kappa shape index (κ3) is 2.98. The van der Waals surface area contributed by atoms with Crippen molar-refractivity contribution in [1.29, 1.82) is 0 Å². The van der Waals surface area contributed by atoms with Crippen molar-refractivity contribution in [3.8, 4) is 0 Å². The second kappa shape index (κ2) is 5.63. The number of Topliss-reactive ketones (excluding diaryl/α,β-unsaturated/α-hetero) is 2. The molecule has 1 aliphatic rings. The van der Waals surface area contributed by atoms with Gasteiger partial charge in [0.05, 0.1) is 6.04 Å². The van der Waals surface area contributed by atoms with Gasteiger partial charge in [-0.1, -0.05) is 20.8 Å². The summed E-state index contributed by atoms with van der Waals surface area (Å²) in [5.41, 5.74) is -0.643. The van der Waals surface area contributed by atoms with Gasteiger partial charge in [0.2, 0.25) is 5.78 Å². The van der Waals surface area contributed by atoms with Crippen LogP contribution in [0, 0.1) is 5.41 Å². The fraction of sp³-hybridized carbons (Fsp3) is 0.786. The van der Waals surface area contributed by atoms with Crippen LogP contribution in [-0.2, 0) is 14.4 Å². The van der Waals surface area contributed by atoms with Crippen LogP contribution in [0.2, 0.25) is 0 Å². The van der Waals surface area contributed by atoms with Crippen molar-refractivity contribution in [3.63, 3.8) is 0 Å². The molecule has 1 atom stereocenters. The molecule has 0 saturated carbocycles. The van der Waals surface area contributed by atoms with Gasteiger partial charge in [0.25, 0.3) is 5.91 Å². The van der Waals surface area contributed by atoms with E-state index in [-0.39, 0.29) is 11.6 Å². The quantitative estimate of drug-likeness (QED) is 0.720. The van der Waals surface area contributed by atoms with Crippen LogP contribution in [-0.4, -0.2) is 35.0 Å². The first-order valence-corrected chi connectivity index (χ1v) is 6.67. The van der Waals surface area contributed by atoms with E-state index >= 15 is 0 Å². The zero-order valence-electron chi connectivity index (χ0n) is 11.8. The van der Waals surface area contributed by atoms with Crippen molar-refractivity contribution in [3.05, 3.63) is 0 Å². The third-order valence-corrected chi connectivity index (χ3v) is 3.93. The number of ketones is 2. The number of carbonyl (C=O) groups excluding carboxylic acids is 3. The molecule has 0 unspecified atom stereocenters. The molecule has 1 fully saturated rings. The van der Waals surface area contributed by atoms with Gasteiger partial charge in [0, 0.05) is 12.0 Å². The molecule has 0 spiro atoms. The van der Waals surface area contributed by atoms with Crippen LogP contribution in [0.3, 0.4) is 0 Å². The highest BCUT2D eigenvalue weighted by Crippen LogP contribution is 2.25. The molecular formula is C14H23NO3. The predicted octanol–water partition coefficient (Wildman–Crippen LogP) is 1.96. The van der Waals surface area contributed by atoms with Gasteiger partial charge < -0.3 is 4.90 Å². The minimum Gasteiger partial charge on any atom is -0.326 e. The Labute approximate surface area is 109 Å². The Morgan fingerprint density at radius 2 is 1.83 bits per heavy atom. The van der Waals surface area contributed by atoms with Gasteiger partial charge in [-0.15, -0.1) is 0 Å². The van der Waals surface area contributed by atoms with Gasteiger partial charge in [0.15, 0.2) is 5.78 Å². The molecule has 0 N–H and O–H groups in total. The Hall–Kier alpha value is -1.19. The van der Waals surface area contributed by atoms with Gasteiger partial charge in [-0.3, -0.25) is 14.4 Å². The van der Waals surface area contributed by atoms with Crippen molar-refractivity contribution >= 4 is 17.5 Å². The highest BCUT2D eigenvalue weighted by atomic mass is 16.2. The summed E-state index contributed by atoms with van der Waals surface area (Å²) in [7, 11) is 0. The predicted molar refractivity (Wildman–Crippen MR) is 69.1 cm³/mol. The monoisotopic (exact) mass is 253 g/mol. The number of rotatable bonds is 4. The molecule has 0 aliphatic carbocycles. The largest absolute Gasteiger partial charge is 0.326 e. The van der Waals surface area contributed by atoms with E-state index in [2.05, 4.69) is 0 Å². The lowest BCUT2D eigenvalue weighted by Crippen LogP contribution is -2.52. The number of nitrogens with zero attached hydrogens (tertiary/aromatic N) is 1. The Morgan fingerprint density at radius 1 is 1.22 bits per heavy atom. The van der Waals surface area contributed by atoms with Crippen molar-refractivity contribution in [2.75, 3.05) is 6.54 Å². The molecule has 102 valence electrons. The maximum absolute atomic E-state index is 12.2. The molecule has 4 heteroatoms. The Balaban J connectivity index is 2.87. The molecule has 1 saturated heterocycles. The normalized spacial score (nSPS) is 20.7. The van der Waals surface area contributed by atoms with E-state index in [1.807, 2.05) is 6.92 Å². The maximum Gasteiger partial charge on any atom is 0.291 e. The van der Waals surface area contributed by atoms with Crippen LogP contribution in [0.1, 0.15) is 53.4 Å². The van der Waals surface area contributed by atoms with Crippen LogP contribution in [0.5, 0.6) is 0 Å². The Morgan fingerprint density at radius 3 is 2.33 bits per heavy atom. The number of likely N-dealkylation sites (tertiary alicyclic amines) is 1. The number of piperidine rings is 1. The third-order valence-electron chi connectivity index (χ3n) is 3.93. The topological polar surface area (TPSA) is 54.5 Å². The van der Waals surface area contributed by atoms with E-state index in [4.69, 9.17) is 0 Å². The summed E-state index contributed by atoms with van der Waals surface area (Å²) in [6.45, 7) is 7.46. The molecule has 0 aromatic rings. The average Bonchev–Trinajstić information content (AvgIpc) is 2.36. The van der Waals surface area contributed by atoms with E-state index in [0.29, 0.717) is 19.4 Å². The molecule has 1 rings (SSSR count). The molecule has 0 aromatic heterocycles. The van der Waals surface area contributed by atoms with E-state index in [9.17, 15) is 14.4 Å². The number of hydrogen-bond acceptors (Lipinski definition) is 3. The fourth-order valence-corrected chi connectivity index (χ4v) is 2.18. The molecule has 0 bridgehead atoms. The second-order valence-corrected chi connectivity index (χ2v) is 5.69. The van der Waals surface area contributed by atoms with Gasteiger partial charge in [-0.2, -0.15) is 0 Å². The molecule has 0 radical (unpaired) electrons. The summed E-state index contributed by atoms with van der Waals surface area (Å²) < 4.78 is 0. The molecule has 0 aromatic carbocycles. The summed E-state index contributed by atoms with van der Waals surface area (Å²) in [4.78, 5) is 37.4. The highest BCUT2D eigenvalue weighted by molar-refractivity contribution is 6.38. The minimum absolute atomic E-state index is 0.0230. The van der Waals surface area contributed by atoms with E-state index in [0.717, 1.165) is 12.8 Å². The smallest absolute Gasteiger partial charge is 0.291 e. The van der Waals surface area contributed by atoms with Crippen LogP contribution in [0.15, 0.2) is 0 Å². The lowest BCUT2D eigenvalue weighted by Gasteiger charge is -2.35. The minimum atomic E-state index is -0.643. The van der Waals surface area contributed by atoms with Crippen molar-refractivity contribution < 1.29 is 14.4 Å². The average molecular weight is 253 g/mol. The lowest BCUT2D eigenvalue weighted by molar-refractivity contribution is -0.153. The number of amides is 1. The van der Waals surface area contributed by atoms with E-state index in [1.165, 1.54) is 11.8 Å². The summed E-state index contributed by atoms with van der Waals surface area (Å²) >= 11 is 0. The van der Waals surface area contributed by atoms with Crippen LogP contribution < -0.4 is 0 Å². The fourth-order valence-electron chi connectivity index (χ4n) is 2.18. The SMILES string of the molecule is CCC(C)(C)C(=O)C(=O)N1CCCC[C@H]1C(C)=O. The summed E-state index contributed by atoms with van der Waals surface area (Å²) in [5, 5.41) is 0. The first-order chi connectivity index (χ1) is 8.31. The van der Waals surface area contributed by atoms with Crippen molar-refractivity contribution in [2.45, 2.75) is 59.4 Å². The number of carbonyl (C=O) groups is 3.